The number of carbonyl (C=O) groups is 1. The van der Waals surface area contributed by atoms with Crippen molar-refractivity contribution < 1.29 is 9.53 Å². The average molecular weight is 290 g/mol. The number of morpholine rings is 1. The van der Waals surface area contributed by atoms with Gasteiger partial charge in [0.25, 0.3) is 0 Å². The minimum absolute atomic E-state index is 0.156. The number of rotatable bonds is 3. The molecule has 1 aromatic heterocycles. The molecule has 1 saturated heterocycles. The van der Waals surface area contributed by atoms with E-state index < -0.39 is 0 Å². The average Bonchev–Trinajstić information content (AvgIpc) is 2.78. The molecule has 2 atom stereocenters. The van der Waals surface area contributed by atoms with E-state index in [2.05, 4.69) is 30.7 Å². The fraction of sp³-hybridized carbons (Fsp3) is 0.706. The van der Waals surface area contributed by atoms with Gasteiger partial charge in [0.2, 0.25) is 0 Å². The highest BCUT2D eigenvalue weighted by molar-refractivity contribution is 6.01. The minimum Gasteiger partial charge on any atom is -0.376 e. The number of aryl methyl sites for hydroxylation is 2. The number of ether oxygens (including phenoxy) is 1. The first-order valence-corrected chi connectivity index (χ1v) is 8.18. The van der Waals surface area contributed by atoms with Gasteiger partial charge in [-0.15, -0.1) is 0 Å². The second-order valence-electron chi connectivity index (χ2n) is 6.48. The lowest BCUT2D eigenvalue weighted by molar-refractivity contribution is -0.0226. The van der Waals surface area contributed by atoms with Crippen LogP contribution in [0.4, 0.5) is 0 Å². The van der Waals surface area contributed by atoms with Crippen LogP contribution in [0, 0.1) is 12.8 Å². The number of aromatic nitrogens is 1. The van der Waals surface area contributed by atoms with Gasteiger partial charge in [-0.2, -0.15) is 0 Å². The predicted molar refractivity (Wildman–Crippen MR) is 82.9 cm³/mol. The molecule has 3 rings (SSSR count). The summed E-state index contributed by atoms with van der Waals surface area (Å²) in [6.07, 6.45) is 3.20. The van der Waals surface area contributed by atoms with Crippen molar-refractivity contribution in [3.63, 3.8) is 0 Å². The molecule has 0 aromatic carbocycles. The summed E-state index contributed by atoms with van der Waals surface area (Å²) >= 11 is 0. The second-order valence-corrected chi connectivity index (χ2v) is 6.48. The van der Waals surface area contributed by atoms with E-state index in [4.69, 9.17) is 4.74 Å². The molecule has 0 saturated carbocycles. The smallest absolute Gasteiger partial charge is 0.169 e. The van der Waals surface area contributed by atoms with Crippen LogP contribution >= 0.6 is 0 Å². The summed E-state index contributed by atoms with van der Waals surface area (Å²) in [5, 5.41) is 0. The molecule has 4 heteroatoms. The van der Waals surface area contributed by atoms with Crippen molar-refractivity contribution in [3.05, 3.63) is 22.5 Å². The molecule has 1 N–H and O–H groups in total. The Labute approximate surface area is 126 Å². The van der Waals surface area contributed by atoms with Crippen LogP contribution in [0.5, 0.6) is 0 Å². The third kappa shape index (κ3) is 2.79. The maximum absolute atomic E-state index is 12.9. The number of nitrogens with one attached hydrogen (secondary N) is 1. The van der Waals surface area contributed by atoms with Crippen molar-refractivity contribution in [2.24, 2.45) is 5.92 Å². The van der Waals surface area contributed by atoms with Crippen molar-refractivity contribution in [2.45, 2.75) is 46.1 Å². The lowest BCUT2D eigenvalue weighted by Crippen LogP contribution is -2.45. The van der Waals surface area contributed by atoms with E-state index in [9.17, 15) is 4.79 Å². The first-order chi connectivity index (χ1) is 10.1. The molecule has 116 valence electrons. The lowest BCUT2D eigenvalue weighted by atomic mass is 9.83. The highest BCUT2D eigenvalue weighted by atomic mass is 16.5. The summed E-state index contributed by atoms with van der Waals surface area (Å²) < 4.78 is 5.59. The molecule has 4 nitrogen and oxygen atoms in total. The molecule has 1 aliphatic carbocycles. The topological polar surface area (TPSA) is 45.3 Å². The zero-order valence-corrected chi connectivity index (χ0v) is 13.4. The van der Waals surface area contributed by atoms with Gasteiger partial charge in [0.05, 0.1) is 12.7 Å². The summed E-state index contributed by atoms with van der Waals surface area (Å²) in [4.78, 5) is 18.7. The van der Waals surface area contributed by atoms with Crippen molar-refractivity contribution in [1.29, 1.82) is 0 Å². The van der Waals surface area contributed by atoms with Crippen LogP contribution < -0.4 is 0 Å². The number of hydrogen-bond acceptors (Lipinski definition) is 3. The molecule has 0 spiro atoms. The number of hydrogen-bond donors (Lipinski definition) is 1. The highest BCUT2D eigenvalue weighted by Gasteiger charge is 2.33. The molecule has 2 aliphatic rings. The summed E-state index contributed by atoms with van der Waals surface area (Å²) in [7, 11) is 0. The van der Waals surface area contributed by atoms with Crippen LogP contribution in [0.25, 0.3) is 0 Å². The molecule has 0 radical (unpaired) electrons. The third-order valence-electron chi connectivity index (χ3n) is 4.91. The minimum atomic E-state index is 0.156. The van der Waals surface area contributed by atoms with Crippen LogP contribution in [-0.2, 0) is 17.6 Å². The normalized spacial score (nSPS) is 26.9. The van der Waals surface area contributed by atoms with E-state index in [1.807, 2.05) is 0 Å². The Balaban J connectivity index is 1.75. The fourth-order valence-electron chi connectivity index (χ4n) is 3.86. The zero-order chi connectivity index (χ0) is 15.0. The van der Waals surface area contributed by atoms with Crippen LogP contribution in [0.3, 0.4) is 0 Å². The fourth-order valence-corrected chi connectivity index (χ4v) is 3.86. The number of fused-ring (bicyclic) bond motifs is 1. The Hall–Kier alpha value is -1.13. The van der Waals surface area contributed by atoms with Gasteiger partial charge >= 0.3 is 0 Å². The van der Waals surface area contributed by atoms with Gasteiger partial charge in [0.15, 0.2) is 5.78 Å². The first kappa shape index (κ1) is 14.8. The second kappa shape index (κ2) is 5.93. The Morgan fingerprint density at radius 2 is 2.24 bits per heavy atom. The van der Waals surface area contributed by atoms with E-state index in [0.717, 1.165) is 51.1 Å². The standard InChI is InChI=1S/C17H26N2O2/c1-4-14-12(3)18-15-6-5-13(17(20)16(14)15)10-19-7-8-21-11(2)9-19/h11,13,18H,4-10H2,1-3H3. The zero-order valence-electron chi connectivity index (χ0n) is 13.4. The number of ketones is 1. The van der Waals surface area contributed by atoms with E-state index in [-0.39, 0.29) is 12.0 Å². The molecule has 21 heavy (non-hydrogen) atoms. The monoisotopic (exact) mass is 290 g/mol. The first-order valence-electron chi connectivity index (χ1n) is 8.18. The number of Topliss-reactive ketones (excluding diaryl/α,β-unsaturated/α-hetero) is 1. The van der Waals surface area contributed by atoms with E-state index >= 15 is 0 Å². The summed E-state index contributed by atoms with van der Waals surface area (Å²) in [6.45, 7) is 9.91. The maximum Gasteiger partial charge on any atom is 0.169 e. The number of H-pyrrole nitrogens is 1. The SMILES string of the molecule is CCc1c(C)[nH]c2c1C(=O)C(CN1CCOC(C)C1)CC2. The molecule has 1 aliphatic heterocycles. The Morgan fingerprint density at radius 1 is 1.43 bits per heavy atom. The quantitative estimate of drug-likeness (QED) is 0.929. The van der Waals surface area contributed by atoms with Crippen LogP contribution in [0.2, 0.25) is 0 Å². The van der Waals surface area contributed by atoms with Crippen molar-refractivity contribution in [3.8, 4) is 0 Å². The van der Waals surface area contributed by atoms with Gasteiger partial charge in [-0.25, -0.2) is 0 Å². The summed E-state index contributed by atoms with van der Waals surface area (Å²) in [5.41, 5.74) is 4.58. The Kier molecular flexibility index (Phi) is 4.18. The van der Waals surface area contributed by atoms with Crippen LogP contribution in [-0.4, -0.2) is 48.0 Å². The van der Waals surface area contributed by atoms with Crippen molar-refractivity contribution >= 4 is 5.78 Å². The number of carbonyl (C=O) groups excluding carboxylic acids is 1. The van der Waals surface area contributed by atoms with Crippen molar-refractivity contribution in [1.82, 2.24) is 9.88 Å². The van der Waals surface area contributed by atoms with Gasteiger partial charge in [-0.1, -0.05) is 6.92 Å². The Bertz CT molecular complexity index is 535. The van der Waals surface area contributed by atoms with Gasteiger partial charge in [-0.05, 0) is 38.7 Å². The largest absolute Gasteiger partial charge is 0.376 e. The molecular weight excluding hydrogens is 264 g/mol. The van der Waals surface area contributed by atoms with E-state index in [1.54, 1.807) is 0 Å². The molecule has 2 unspecified atom stereocenters. The lowest BCUT2D eigenvalue weighted by Gasteiger charge is -2.34. The number of nitrogens with zero attached hydrogens (tertiary/aromatic N) is 1. The maximum atomic E-state index is 12.9. The van der Waals surface area contributed by atoms with E-state index in [0.29, 0.717) is 5.78 Å². The molecule has 0 bridgehead atoms. The predicted octanol–water partition coefficient (Wildman–Crippen LogP) is 2.35. The molecule has 1 fully saturated rings. The molecular formula is C17H26N2O2. The third-order valence-corrected chi connectivity index (χ3v) is 4.91. The van der Waals surface area contributed by atoms with Crippen LogP contribution in [0.15, 0.2) is 0 Å². The van der Waals surface area contributed by atoms with Gasteiger partial charge in [0, 0.05) is 42.5 Å². The van der Waals surface area contributed by atoms with E-state index in [1.165, 1.54) is 17.0 Å². The Morgan fingerprint density at radius 3 is 2.95 bits per heavy atom. The van der Waals surface area contributed by atoms with Crippen LogP contribution in [0.1, 0.15) is 47.6 Å². The summed E-state index contributed by atoms with van der Waals surface area (Å²) in [5.74, 6) is 0.514. The van der Waals surface area contributed by atoms with Crippen molar-refractivity contribution in [2.75, 3.05) is 26.2 Å². The molecule has 0 amide bonds. The summed E-state index contributed by atoms with van der Waals surface area (Å²) in [6, 6.07) is 0. The number of aromatic amines is 1. The van der Waals surface area contributed by atoms with Gasteiger partial charge < -0.3 is 9.72 Å². The molecule has 2 heterocycles. The highest BCUT2D eigenvalue weighted by Crippen LogP contribution is 2.31. The molecule has 1 aromatic rings. The van der Waals surface area contributed by atoms with Gasteiger partial charge in [-0.3, -0.25) is 9.69 Å². The van der Waals surface area contributed by atoms with Gasteiger partial charge in [0.1, 0.15) is 0 Å².